The van der Waals surface area contributed by atoms with Crippen molar-refractivity contribution >= 4 is 19.3 Å². The predicted molar refractivity (Wildman–Crippen MR) is 70.1 cm³/mol. The van der Waals surface area contributed by atoms with Crippen LogP contribution in [0.1, 0.15) is 12.5 Å². The lowest BCUT2D eigenvalue weighted by molar-refractivity contribution is -0.385. The highest BCUT2D eigenvalue weighted by Gasteiger charge is 2.16. The molecule has 0 atom stereocenters. The number of hydrogen-bond donors (Lipinski definition) is 0. The van der Waals surface area contributed by atoms with Crippen LogP contribution in [0.25, 0.3) is 5.57 Å². The van der Waals surface area contributed by atoms with Crippen LogP contribution < -0.4 is 0 Å². The number of benzene rings is 1. The Balaban J connectivity index is 3.24. The Morgan fingerprint density at radius 3 is 2.38 bits per heavy atom. The Labute approximate surface area is 97.0 Å². The van der Waals surface area contributed by atoms with Gasteiger partial charge in [0.25, 0.3) is 5.69 Å². The molecule has 1 rings (SSSR count). The summed E-state index contributed by atoms with van der Waals surface area (Å²) in [4.78, 5) is 10.6. The van der Waals surface area contributed by atoms with Crippen molar-refractivity contribution in [3.63, 3.8) is 0 Å². The smallest absolute Gasteiger partial charge is 0.258 e. The molecule has 0 aliphatic carbocycles. The second kappa shape index (κ2) is 4.61. The van der Waals surface area contributed by atoms with Crippen LogP contribution in [0, 0.1) is 10.1 Å². The molecule has 0 saturated heterocycles. The predicted octanol–water partition coefficient (Wildman–Crippen LogP) is 3.88. The first-order chi connectivity index (χ1) is 7.31. The lowest BCUT2D eigenvalue weighted by atomic mass is 10.1. The Morgan fingerprint density at radius 1 is 1.31 bits per heavy atom. The van der Waals surface area contributed by atoms with Gasteiger partial charge in [0.2, 0.25) is 0 Å². The molecule has 0 saturated carbocycles. The molecule has 16 heavy (non-hydrogen) atoms. The summed E-state index contributed by atoms with van der Waals surface area (Å²) >= 11 is 0. The molecule has 0 amide bonds. The molecular weight excluding hydrogens is 218 g/mol. The fourth-order valence-corrected chi connectivity index (χ4v) is 3.15. The standard InChI is InChI=1S/C12H17NO2Si/c1-10(9-16(2,3)4)11-7-5-6-8-12(11)13(14)15/h5-9H,1-4H3/b10-9+. The highest BCUT2D eigenvalue weighted by molar-refractivity contribution is 6.81. The topological polar surface area (TPSA) is 43.1 Å². The van der Waals surface area contributed by atoms with E-state index in [4.69, 9.17) is 0 Å². The van der Waals surface area contributed by atoms with E-state index in [1.54, 1.807) is 12.1 Å². The summed E-state index contributed by atoms with van der Waals surface area (Å²) in [6, 6.07) is 6.90. The fraction of sp³-hybridized carbons (Fsp3) is 0.333. The van der Waals surface area contributed by atoms with Gasteiger partial charge in [0.15, 0.2) is 0 Å². The van der Waals surface area contributed by atoms with E-state index < -0.39 is 8.07 Å². The van der Waals surface area contributed by atoms with Gasteiger partial charge in [0.1, 0.15) is 0 Å². The van der Waals surface area contributed by atoms with Crippen molar-refractivity contribution in [1.82, 2.24) is 0 Å². The maximum Gasteiger partial charge on any atom is 0.276 e. The fourth-order valence-electron chi connectivity index (χ4n) is 1.69. The minimum absolute atomic E-state index is 0.189. The summed E-state index contributed by atoms with van der Waals surface area (Å²) in [6.45, 7) is 8.59. The van der Waals surface area contributed by atoms with Gasteiger partial charge in [-0.15, -0.1) is 0 Å². The van der Waals surface area contributed by atoms with Crippen molar-refractivity contribution < 1.29 is 4.92 Å². The zero-order valence-corrected chi connectivity index (χ0v) is 11.2. The Bertz CT molecular complexity index is 433. The molecule has 4 heteroatoms. The van der Waals surface area contributed by atoms with Gasteiger partial charge in [-0.25, -0.2) is 0 Å². The average Bonchev–Trinajstić information content (AvgIpc) is 2.15. The number of nitrogens with zero attached hydrogens (tertiary/aromatic N) is 1. The van der Waals surface area contributed by atoms with Crippen molar-refractivity contribution in [2.24, 2.45) is 0 Å². The third kappa shape index (κ3) is 3.31. The van der Waals surface area contributed by atoms with Crippen LogP contribution in [0.2, 0.25) is 19.6 Å². The number of rotatable bonds is 3. The monoisotopic (exact) mass is 235 g/mol. The molecule has 1 aromatic rings. The number of hydrogen-bond acceptors (Lipinski definition) is 2. The van der Waals surface area contributed by atoms with Crippen molar-refractivity contribution in [1.29, 1.82) is 0 Å². The van der Waals surface area contributed by atoms with E-state index in [0.29, 0.717) is 0 Å². The van der Waals surface area contributed by atoms with Gasteiger partial charge >= 0.3 is 0 Å². The summed E-state index contributed by atoms with van der Waals surface area (Å²) in [5, 5.41) is 10.9. The molecule has 0 unspecified atom stereocenters. The number of para-hydroxylation sites is 1. The number of nitro groups is 1. The third-order valence-electron chi connectivity index (χ3n) is 2.18. The number of nitro benzene ring substituents is 1. The molecule has 3 nitrogen and oxygen atoms in total. The minimum Gasteiger partial charge on any atom is -0.258 e. The summed E-state index contributed by atoms with van der Waals surface area (Å²) in [5.41, 5.74) is 4.12. The van der Waals surface area contributed by atoms with Crippen LogP contribution in [0.15, 0.2) is 30.0 Å². The van der Waals surface area contributed by atoms with Crippen molar-refractivity contribution in [2.75, 3.05) is 0 Å². The first-order valence-corrected chi connectivity index (χ1v) is 8.82. The van der Waals surface area contributed by atoms with Crippen molar-refractivity contribution in [3.8, 4) is 0 Å². The molecule has 0 bridgehead atoms. The van der Waals surface area contributed by atoms with E-state index in [-0.39, 0.29) is 10.6 Å². The van der Waals surface area contributed by atoms with Crippen LogP contribution in [0.5, 0.6) is 0 Å². The van der Waals surface area contributed by atoms with Crippen LogP contribution in [-0.4, -0.2) is 13.0 Å². The van der Waals surface area contributed by atoms with Crippen LogP contribution in [-0.2, 0) is 0 Å². The third-order valence-corrected chi connectivity index (χ3v) is 3.47. The largest absolute Gasteiger partial charge is 0.276 e. The second-order valence-electron chi connectivity index (χ2n) is 4.97. The molecule has 0 radical (unpaired) electrons. The second-order valence-corrected chi connectivity index (χ2v) is 9.99. The first kappa shape index (κ1) is 12.6. The summed E-state index contributed by atoms with van der Waals surface area (Å²) < 4.78 is 0. The molecule has 0 aliphatic heterocycles. The van der Waals surface area contributed by atoms with Gasteiger partial charge in [-0.1, -0.05) is 37.5 Å². The van der Waals surface area contributed by atoms with E-state index >= 15 is 0 Å². The SMILES string of the molecule is C/C(=C\[Si](C)(C)C)c1ccccc1[N+](=O)[O-]. The van der Waals surface area contributed by atoms with Gasteiger partial charge in [0.05, 0.1) is 18.6 Å². The summed E-state index contributed by atoms with van der Waals surface area (Å²) in [6.07, 6.45) is 0. The van der Waals surface area contributed by atoms with E-state index in [1.807, 2.05) is 19.1 Å². The lowest BCUT2D eigenvalue weighted by Gasteiger charge is -2.12. The van der Waals surface area contributed by atoms with Gasteiger partial charge in [0, 0.05) is 6.07 Å². The molecule has 0 heterocycles. The molecule has 1 aromatic carbocycles. The highest BCUT2D eigenvalue weighted by Crippen LogP contribution is 2.26. The van der Waals surface area contributed by atoms with Gasteiger partial charge in [-0.05, 0) is 18.6 Å². The Morgan fingerprint density at radius 2 is 1.88 bits per heavy atom. The van der Waals surface area contributed by atoms with Gasteiger partial charge in [-0.3, -0.25) is 10.1 Å². The highest BCUT2D eigenvalue weighted by atomic mass is 28.3. The van der Waals surface area contributed by atoms with E-state index in [0.717, 1.165) is 11.1 Å². The molecule has 0 aromatic heterocycles. The Hall–Kier alpha value is -1.42. The molecule has 0 spiro atoms. The van der Waals surface area contributed by atoms with E-state index in [2.05, 4.69) is 25.3 Å². The van der Waals surface area contributed by atoms with Crippen LogP contribution in [0.3, 0.4) is 0 Å². The first-order valence-electron chi connectivity index (χ1n) is 5.24. The normalized spacial score (nSPS) is 12.6. The molecule has 0 aliphatic rings. The maximum absolute atomic E-state index is 10.9. The Kier molecular flexibility index (Phi) is 3.65. The molecular formula is C12H17NO2Si. The summed E-state index contributed by atoms with van der Waals surface area (Å²) in [5.74, 6) is 0. The molecule has 0 N–H and O–H groups in total. The van der Waals surface area contributed by atoms with E-state index in [1.165, 1.54) is 0 Å². The average molecular weight is 235 g/mol. The zero-order valence-electron chi connectivity index (χ0n) is 10.2. The van der Waals surface area contributed by atoms with Gasteiger partial charge in [-0.2, -0.15) is 0 Å². The quantitative estimate of drug-likeness (QED) is 0.453. The van der Waals surface area contributed by atoms with Crippen LogP contribution >= 0.6 is 0 Å². The number of allylic oxidation sites excluding steroid dienone is 1. The zero-order chi connectivity index (χ0) is 12.3. The van der Waals surface area contributed by atoms with Crippen LogP contribution in [0.4, 0.5) is 5.69 Å². The van der Waals surface area contributed by atoms with E-state index in [9.17, 15) is 10.1 Å². The van der Waals surface area contributed by atoms with Crippen molar-refractivity contribution in [3.05, 3.63) is 45.6 Å². The maximum atomic E-state index is 10.9. The molecule has 86 valence electrons. The lowest BCUT2D eigenvalue weighted by Crippen LogP contribution is -2.16. The molecule has 0 fully saturated rings. The minimum atomic E-state index is -1.35. The van der Waals surface area contributed by atoms with Crippen molar-refractivity contribution in [2.45, 2.75) is 26.6 Å². The van der Waals surface area contributed by atoms with Gasteiger partial charge < -0.3 is 0 Å². The summed E-state index contributed by atoms with van der Waals surface area (Å²) in [7, 11) is -1.35.